The maximum absolute atomic E-state index is 13.3. The van der Waals surface area contributed by atoms with Crippen molar-refractivity contribution < 1.29 is 18.7 Å². The predicted octanol–water partition coefficient (Wildman–Crippen LogP) is 2.84. The zero-order valence-corrected chi connectivity index (χ0v) is 8.74. The van der Waals surface area contributed by atoms with Gasteiger partial charge in [0.25, 0.3) is 0 Å². The van der Waals surface area contributed by atoms with E-state index in [-0.39, 0.29) is 12.2 Å². The number of hydrogen-bond donors (Lipinski definition) is 1. The zero-order chi connectivity index (χ0) is 11.7. The molecule has 0 fully saturated rings. The Bertz CT molecular complexity index is 530. The number of furan rings is 1. The summed E-state index contributed by atoms with van der Waals surface area (Å²) in [6.07, 6.45) is 0.267. The first-order valence-electron chi connectivity index (χ1n) is 4.97. The standard InChI is InChI=1S/C12H11FO3/c1-7(12(14)15)5-8-6-9-10(13)3-2-4-11(9)16-8/h2-4,6-7H,5H2,1H3,(H,14,15). The number of halogens is 1. The molecule has 1 aromatic heterocycles. The number of benzene rings is 1. The van der Waals surface area contributed by atoms with E-state index >= 15 is 0 Å². The molecule has 0 aliphatic carbocycles. The molecule has 0 amide bonds. The van der Waals surface area contributed by atoms with Gasteiger partial charge in [-0.2, -0.15) is 0 Å². The van der Waals surface area contributed by atoms with E-state index in [9.17, 15) is 9.18 Å². The fraction of sp³-hybridized carbons (Fsp3) is 0.250. The van der Waals surface area contributed by atoms with Crippen LogP contribution in [-0.2, 0) is 11.2 Å². The summed E-state index contributed by atoms with van der Waals surface area (Å²) in [6.45, 7) is 1.59. The Labute approximate surface area is 91.5 Å². The third-order valence-corrected chi connectivity index (χ3v) is 2.49. The van der Waals surface area contributed by atoms with Gasteiger partial charge in [0.1, 0.15) is 17.2 Å². The Hall–Kier alpha value is -1.84. The molecule has 1 N–H and O–H groups in total. The second-order valence-corrected chi connectivity index (χ2v) is 3.81. The van der Waals surface area contributed by atoms with Crippen molar-refractivity contribution in [3.8, 4) is 0 Å². The fourth-order valence-electron chi connectivity index (χ4n) is 1.57. The maximum atomic E-state index is 13.3. The number of fused-ring (bicyclic) bond motifs is 1. The lowest BCUT2D eigenvalue weighted by Gasteiger charge is -2.01. The SMILES string of the molecule is CC(Cc1cc2c(F)cccc2o1)C(=O)O. The highest BCUT2D eigenvalue weighted by Crippen LogP contribution is 2.23. The monoisotopic (exact) mass is 222 g/mol. The van der Waals surface area contributed by atoms with Gasteiger partial charge >= 0.3 is 5.97 Å². The molecule has 1 unspecified atom stereocenters. The molecule has 0 bridgehead atoms. The Morgan fingerprint density at radius 2 is 2.31 bits per heavy atom. The molecule has 0 saturated heterocycles. The lowest BCUT2D eigenvalue weighted by atomic mass is 10.1. The molecular weight excluding hydrogens is 211 g/mol. The van der Waals surface area contributed by atoms with E-state index < -0.39 is 11.9 Å². The average Bonchev–Trinajstić information content (AvgIpc) is 2.61. The quantitative estimate of drug-likeness (QED) is 0.868. The van der Waals surface area contributed by atoms with Crippen molar-refractivity contribution >= 4 is 16.9 Å². The highest BCUT2D eigenvalue weighted by Gasteiger charge is 2.15. The van der Waals surface area contributed by atoms with Crippen molar-refractivity contribution in [3.05, 3.63) is 35.8 Å². The highest BCUT2D eigenvalue weighted by molar-refractivity contribution is 5.78. The van der Waals surface area contributed by atoms with E-state index in [2.05, 4.69) is 0 Å². The molecule has 0 radical (unpaired) electrons. The molecule has 16 heavy (non-hydrogen) atoms. The van der Waals surface area contributed by atoms with Crippen LogP contribution in [0.4, 0.5) is 4.39 Å². The normalized spacial score (nSPS) is 12.9. The topological polar surface area (TPSA) is 50.4 Å². The van der Waals surface area contributed by atoms with E-state index in [1.807, 2.05) is 0 Å². The minimum Gasteiger partial charge on any atom is -0.481 e. The van der Waals surface area contributed by atoms with Gasteiger partial charge in [0.15, 0.2) is 0 Å². The van der Waals surface area contributed by atoms with Gasteiger partial charge in [-0.25, -0.2) is 4.39 Å². The van der Waals surface area contributed by atoms with Crippen molar-refractivity contribution in [2.24, 2.45) is 5.92 Å². The summed E-state index contributed by atoms with van der Waals surface area (Å²) in [5.41, 5.74) is 0.451. The molecule has 1 heterocycles. The summed E-state index contributed by atoms with van der Waals surface area (Å²) in [4.78, 5) is 10.7. The second kappa shape index (κ2) is 3.96. The van der Waals surface area contributed by atoms with Crippen molar-refractivity contribution in [1.29, 1.82) is 0 Å². The molecule has 84 valence electrons. The van der Waals surface area contributed by atoms with Crippen LogP contribution in [0.15, 0.2) is 28.7 Å². The minimum atomic E-state index is -0.888. The number of aliphatic carboxylic acids is 1. The smallest absolute Gasteiger partial charge is 0.306 e. The summed E-state index contributed by atoms with van der Waals surface area (Å²) in [7, 11) is 0. The van der Waals surface area contributed by atoms with Crippen LogP contribution in [0.2, 0.25) is 0 Å². The van der Waals surface area contributed by atoms with E-state index in [0.717, 1.165) is 0 Å². The van der Waals surface area contributed by atoms with Gasteiger partial charge in [0, 0.05) is 6.42 Å². The van der Waals surface area contributed by atoms with Crippen LogP contribution in [0.5, 0.6) is 0 Å². The van der Waals surface area contributed by atoms with Gasteiger partial charge in [0.05, 0.1) is 11.3 Å². The van der Waals surface area contributed by atoms with Crippen LogP contribution in [0.3, 0.4) is 0 Å². The molecule has 2 aromatic rings. The van der Waals surface area contributed by atoms with Gasteiger partial charge < -0.3 is 9.52 Å². The van der Waals surface area contributed by atoms with Crippen LogP contribution < -0.4 is 0 Å². The van der Waals surface area contributed by atoms with Crippen LogP contribution in [0.25, 0.3) is 11.0 Å². The van der Waals surface area contributed by atoms with Crippen LogP contribution >= 0.6 is 0 Å². The van der Waals surface area contributed by atoms with E-state index in [4.69, 9.17) is 9.52 Å². The second-order valence-electron chi connectivity index (χ2n) is 3.81. The van der Waals surface area contributed by atoms with Crippen LogP contribution in [0.1, 0.15) is 12.7 Å². The maximum Gasteiger partial charge on any atom is 0.306 e. The van der Waals surface area contributed by atoms with E-state index in [1.54, 1.807) is 25.1 Å². The van der Waals surface area contributed by atoms with E-state index in [0.29, 0.717) is 16.7 Å². The summed E-state index contributed by atoms with van der Waals surface area (Å²) >= 11 is 0. The Balaban J connectivity index is 2.33. The molecule has 0 aliphatic rings. The molecule has 2 rings (SSSR count). The van der Waals surface area contributed by atoms with Gasteiger partial charge in [0.2, 0.25) is 0 Å². The van der Waals surface area contributed by atoms with Crippen molar-refractivity contribution in [2.45, 2.75) is 13.3 Å². The first-order chi connectivity index (χ1) is 7.58. The van der Waals surface area contributed by atoms with Gasteiger partial charge in [-0.05, 0) is 18.2 Å². The molecule has 0 saturated carbocycles. The van der Waals surface area contributed by atoms with Gasteiger partial charge in [-0.15, -0.1) is 0 Å². The summed E-state index contributed by atoms with van der Waals surface area (Å²) in [5.74, 6) is -1.28. The minimum absolute atomic E-state index is 0.267. The molecule has 4 heteroatoms. The van der Waals surface area contributed by atoms with Gasteiger partial charge in [-0.3, -0.25) is 4.79 Å². The Morgan fingerprint density at radius 1 is 1.56 bits per heavy atom. The number of carboxylic acid groups (broad SMARTS) is 1. The number of carboxylic acids is 1. The number of rotatable bonds is 3. The van der Waals surface area contributed by atoms with Crippen molar-refractivity contribution in [3.63, 3.8) is 0 Å². The summed E-state index contributed by atoms with van der Waals surface area (Å²) in [5, 5.41) is 9.16. The Morgan fingerprint density at radius 3 is 2.94 bits per heavy atom. The third kappa shape index (κ3) is 1.91. The van der Waals surface area contributed by atoms with Crippen LogP contribution in [-0.4, -0.2) is 11.1 Å². The largest absolute Gasteiger partial charge is 0.481 e. The van der Waals surface area contributed by atoms with Crippen molar-refractivity contribution in [2.75, 3.05) is 0 Å². The molecule has 1 aromatic carbocycles. The van der Waals surface area contributed by atoms with Crippen LogP contribution in [0, 0.1) is 11.7 Å². The van der Waals surface area contributed by atoms with E-state index in [1.165, 1.54) is 6.07 Å². The zero-order valence-electron chi connectivity index (χ0n) is 8.74. The molecule has 1 atom stereocenters. The highest BCUT2D eigenvalue weighted by atomic mass is 19.1. The van der Waals surface area contributed by atoms with Crippen molar-refractivity contribution in [1.82, 2.24) is 0 Å². The molecular formula is C12H11FO3. The lowest BCUT2D eigenvalue weighted by Crippen LogP contribution is -2.11. The lowest BCUT2D eigenvalue weighted by molar-refractivity contribution is -0.141. The third-order valence-electron chi connectivity index (χ3n) is 2.49. The van der Waals surface area contributed by atoms with Gasteiger partial charge in [-0.1, -0.05) is 13.0 Å². The Kier molecular flexibility index (Phi) is 2.64. The summed E-state index contributed by atoms with van der Waals surface area (Å²) < 4.78 is 18.7. The molecule has 0 aliphatic heterocycles. The molecule has 0 spiro atoms. The average molecular weight is 222 g/mol. The number of carbonyl (C=O) groups is 1. The molecule has 3 nitrogen and oxygen atoms in total. The predicted molar refractivity (Wildman–Crippen MR) is 56.7 cm³/mol. The summed E-state index contributed by atoms with van der Waals surface area (Å²) in [6, 6.07) is 6.13. The first-order valence-corrected chi connectivity index (χ1v) is 4.97. The first kappa shape index (κ1) is 10.7. The number of hydrogen-bond acceptors (Lipinski definition) is 2. The fourth-order valence-corrected chi connectivity index (χ4v) is 1.57.